The maximum absolute atomic E-state index is 12.1. The van der Waals surface area contributed by atoms with Gasteiger partial charge in [0, 0.05) is 12.6 Å². The van der Waals surface area contributed by atoms with E-state index in [-0.39, 0.29) is 0 Å². The minimum atomic E-state index is -1.01. The number of unbranched alkanes of at least 4 members (excludes halogenated alkanes) is 1. The molecule has 21 heavy (non-hydrogen) atoms. The number of nitrogens with zero attached hydrogens (tertiary/aromatic N) is 1. The van der Waals surface area contributed by atoms with Crippen molar-refractivity contribution < 1.29 is 9.90 Å². The first kappa shape index (κ1) is 16.0. The molecule has 0 bridgehead atoms. The van der Waals surface area contributed by atoms with Gasteiger partial charge >= 0.3 is 5.97 Å². The fraction of sp³-hybridized carbons (Fsp3) is 0.588. The van der Waals surface area contributed by atoms with Crippen LogP contribution in [0.4, 0.5) is 0 Å². The van der Waals surface area contributed by atoms with Crippen molar-refractivity contribution in [3.63, 3.8) is 0 Å². The Morgan fingerprint density at radius 1 is 1.38 bits per heavy atom. The first-order valence-corrected chi connectivity index (χ1v) is 7.83. The van der Waals surface area contributed by atoms with Crippen molar-refractivity contribution in [3.8, 4) is 0 Å². The highest BCUT2D eigenvalue weighted by Crippen LogP contribution is 2.30. The molecule has 1 atom stereocenters. The summed E-state index contributed by atoms with van der Waals surface area (Å²) >= 11 is 0. The van der Waals surface area contributed by atoms with E-state index in [1.54, 1.807) is 0 Å². The van der Waals surface area contributed by atoms with Crippen molar-refractivity contribution in [1.82, 2.24) is 10.2 Å². The second-order valence-electron chi connectivity index (χ2n) is 6.09. The van der Waals surface area contributed by atoms with E-state index in [0.717, 1.165) is 37.8 Å². The number of carboxylic acids is 1. The zero-order valence-corrected chi connectivity index (χ0v) is 13.0. The van der Waals surface area contributed by atoms with Gasteiger partial charge in [-0.1, -0.05) is 43.7 Å². The lowest BCUT2D eigenvalue weighted by molar-refractivity contribution is -0.146. The molecule has 1 aromatic rings. The van der Waals surface area contributed by atoms with E-state index < -0.39 is 11.5 Å². The molecule has 0 spiro atoms. The second kappa shape index (κ2) is 7.05. The topological polar surface area (TPSA) is 52.6 Å². The Balaban J connectivity index is 2.24. The van der Waals surface area contributed by atoms with Gasteiger partial charge in [0.15, 0.2) is 5.54 Å². The van der Waals surface area contributed by atoms with Crippen LogP contribution in [0.3, 0.4) is 0 Å². The summed E-state index contributed by atoms with van der Waals surface area (Å²) in [6.07, 6.45) is 4.34. The molecule has 0 heterocycles. The molecule has 0 saturated heterocycles. The molecule has 0 amide bonds. The molecule has 4 nitrogen and oxygen atoms in total. The number of nitrogens with one attached hydrogen (secondary N) is 1. The molecule has 1 aromatic carbocycles. The standard InChI is InChI=1S/C17H26N2O2/c1-3-4-12-19(2)13-17(16(20)21,18-15-10-11-15)14-8-6-5-7-9-14/h5-9,15,18H,3-4,10-13H2,1-2H3,(H,20,21). The summed E-state index contributed by atoms with van der Waals surface area (Å²) in [5.74, 6) is -0.788. The largest absolute Gasteiger partial charge is 0.480 e. The van der Waals surface area contributed by atoms with E-state index in [9.17, 15) is 9.90 Å². The molecule has 2 rings (SSSR count). The van der Waals surface area contributed by atoms with Crippen LogP contribution in [0.5, 0.6) is 0 Å². The molecule has 0 aromatic heterocycles. The van der Waals surface area contributed by atoms with Crippen molar-refractivity contribution in [2.45, 2.75) is 44.2 Å². The highest BCUT2D eigenvalue weighted by Gasteiger charge is 2.44. The van der Waals surface area contributed by atoms with Crippen LogP contribution in [0.25, 0.3) is 0 Å². The van der Waals surface area contributed by atoms with Gasteiger partial charge in [-0.25, -0.2) is 4.79 Å². The molecule has 0 aliphatic heterocycles. The first-order chi connectivity index (χ1) is 10.1. The molecule has 1 aliphatic carbocycles. The lowest BCUT2D eigenvalue weighted by Gasteiger charge is -2.35. The van der Waals surface area contributed by atoms with Gasteiger partial charge in [-0.05, 0) is 38.4 Å². The number of hydrogen-bond donors (Lipinski definition) is 2. The molecule has 0 radical (unpaired) electrons. The van der Waals surface area contributed by atoms with Gasteiger partial charge in [-0.2, -0.15) is 0 Å². The second-order valence-corrected chi connectivity index (χ2v) is 6.09. The van der Waals surface area contributed by atoms with Crippen LogP contribution in [0, 0.1) is 0 Å². The Bertz CT molecular complexity index is 459. The Kier molecular flexibility index (Phi) is 5.37. The van der Waals surface area contributed by atoms with Gasteiger partial charge in [0.25, 0.3) is 0 Å². The van der Waals surface area contributed by atoms with E-state index >= 15 is 0 Å². The highest BCUT2D eigenvalue weighted by atomic mass is 16.4. The third-order valence-corrected chi connectivity index (χ3v) is 4.06. The van der Waals surface area contributed by atoms with Crippen molar-refractivity contribution in [1.29, 1.82) is 0 Å². The number of benzene rings is 1. The Morgan fingerprint density at radius 2 is 2.05 bits per heavy atom. The molecule has 4 heteroatoms. The van der Waals surface area contributed by atoms with E-state index in [1.807, 2.05) is 37.4 Å². The summed E-state index contributed by atoms with van der Waals surface area (Å²) in [6.45, 7) is 3.56. The molecule has 1 fully saturated rings. The summed E-state index contributed by atoms with van der Waals surface area (Å²) in [5.41, 5.74) is -0.169. The van der Waals surface area contributed by atoms with Gasteiger partial charge in [0.2, 0.25) is 0 Å². The Morgan fingerprint density at radius 3 is 2.57 bits per heavy atom. The molecule has 2 N–H and O–H groups in total. The van der Waals surface area contributed by atoms with Crippen molar-refractivity contribution in [2.24, 2.45) is 0 Å². The van der Waals surface area contributed by atoms with Crippen LogP contribution in [0.15, 0.2) is 30.3 Å². The smallest absolute Gasteiger partial charge is 0.329 e. The maximum atomic E-state index is 12.1. The molecule has 116 valence electrons. The number of carbonyl (C=O) groups is 1. The van der Waals surface area contributed by atoms with Crippen molar-refractivity contribution >= 4 is 5.97 Å². The van der Waals surface area contributed by atoms with Gasteiger partial charge < -0.3 is 10.0 Å². The van der Waals surface area contributed by atoms with Crippen molar-refractivity contribution in [3.05, 3.63) is 35.9 Å². The fourth-order valence-corrected chi connectivity index (χ4v) is 2.68. The van der Waals surface area contributed by atoms with Crippen LogP contribution in [0.2, 0.25) is 0 Å². The summed E-state index contributed by atoms with van der Waals surface area (Å²) in [5, 5.41) is 13.3. The maximum Gasteiger partial charge on any atom is 0.329 e. The number of carboxylic acid groups (broad SMARTS) is 1. The zero-order valence-electron chi connectivity index (χ0n) is 13.0. The molecule has 1 aliphatic rings. The normalized spacial score (nSPS) is 17.7. The lowest BCUT2D eigenvalue weighted by atomic mass is 9.88. The summed E-state index contributed by atoms with van der Waals surface area (Å²) in [4.78, 5) is 14.2. The number of rotatable bonds is 9. The third kappa shape index (κ3) is 4.05. The summed E-state index contributed by atoms with van der Waals surface area (Å²) < 4.78 is 0. The predicted octanol–water partition coefficient (Wildman–Crippen LogP) is 2.45. The first-order valence-electron chi connectivity index (χ1n) is 7.83. The SMILES string of the molecule is CCCCN(C)CC(NC1CC1)(C(=O)O)c1ccccc1. The van der Waals surface area contributed by atoms with E-state index in [1.165, 1.54) is 0 Å². The molecular formula is C17H26N2O2. The summed E-state index contributed by atoms with van der Waals surface area (Å²) in [6, 6.07) is 9.91. The lowest BCUT2D eigenvalue weighted by Crippen LogP contribution is -2.56. The number of hydrogen-bond acceptors (Lipinski definition) is 3. The van der Waals surface area contributed by atoms with Crippen LogP contribution in [-0.2, 0) is 10.3 Å². The van der Waals surface area contributed by atoms with Crippen LogP contribution in [-0.4, -0.2) is 42.2 Å². The van der Waals surface area contributed by atoms with E-state index in [2.05, 4.69) is 17.1 Å². The molecule has 1 unspecified atom stereocenters. The van der Waals surface area contributed by atoms with Crippen LogP contribution >= 0.6 is 0 Å². The van der Waals surface area contributed by atoms with Gasteiger partial charge in [0.1, 0.15) is 0 Å². The number of likely N-dealkylation sites (N-methyl/N-ethyl adjacent to an activating group) is 1. The average molecular weight is 290 g/mol. The van der Waals surface area contributed by atoms with Crippen LogP contribution in [0.1, 0.15) is 38.2 Å². The minimum Gasteiger partial charge on any atom is -0.480 e. The molecule has 1 saturated carbocycles. The Hall–Kier alpha value is -1.39. The molecular weight excluding hydrogens is 264 g/mol. The fourth-order valence-electron chi connectivity index (χ4n) is 2.68. The van der Waals surface area contributed by atoms with E-state index in [4.69, 9.17) is 0 Å². The average Bonchev–Trinajstić information content (AvgIpc) is 3.29. The van der Waals surface area contributed by atoms with Gasteiger partial charge in [-0.15, -0.1) is 0 Å². The minimum absolute atomic E-state index is 0.334. The summed E-state index contributed by atoms with van der Waals surface area (Å²) in [7, 11) is 2.00. The third-order valence-electron chi connectivity index (χ3n) is 4.06. The highest BCUT2D eigenvalue weighted by molar-refractivity contribution is 5.81. The number of aliphatic carboxylic acids is 1. The Labute approximate surface area is 127 Å². The van der Waals surface area contributed by atoms with Gasteiger partial charge in [-0.3, -0.25) is 5.32 Å². The quantitative estimate of drug-likeness (QED) is 0.733. The monoisotopic (exact) mass is 290 g/mol. The van der Waals surface area contributed by atoms with Gasteiger partial charge in [0.05, 0.1) is 0 Å². The van der Waals surface area contributed by atoms with Crippen molar-refractivity contribution in [2.75, 3.05) is 20.1 Å². The predicted molar refractivity (Wildman–Crippen MR) is 84.3 cm³/mol. The van der Waals surface area contributed by atoms with Crippen LogP contribution < -0.4 is 5.32 Å². The zero-order chi connectivity index (χ0) is 15.3. The van der Waals surface area contributed by atoms with E-state index in [0.29, 0.717) is 12.6 Å².